The molecular weight excluding hydrogens is 523 g/mol. The van der Waals surface area contributed by atoms with E-state index in [9.17, 15) is 0 Å². The van der Waals surface area contributed by atoms with E-state index < -0.39 is 0 Å². The summed E-state index contributed by atoms with van der Waals surface area (Å²) in [6, 6.07) is 0. The van der Waals surface area contributed by atoms with Crippen molar-refractivity contribution in [3.8, 4) is 0 Å². The van der Waals surface area contributed by atoms with Crippen molar-refractivity contribution in [2.24, 2.45) is 0 Å². The fourth-order valence-electron chi connectivity index (χ4n) is 0. The van der Waals surface area contributed by atoms with Gasteiger partial charge in [0.1, 0.15) is 0 Å². The Kier molecular flexibility index (Phi) is 2550. The van der Waals surface area contributed by atoms with E-state index in [-0.39, 0.29) is 118 Å². The van der Waals surface area contributed by atoms with E-state index >= 15 is 0 Å². The summed E-state index contributed by atoms with van der Waals surface area (Å²) in [5.41, 5.74) is 0. The minimum Gasteiger partial charge on any atom is -2.00 e. The van der Waals surface area contributed by atoms with E-state index in [1.165, 1.54) is 0 Å². The Labute approximate surface area is 117 Å². The quantitative estimate of drug-likeness (QED) is 0.347. The topological polar surface area (TPSA) is 142 Å². The first-order chi connectivity index (χ1) is 0. The van der Waals surface area contributed by atoms with Crippen LogP contribution >= 0.6 is 0 Å². The van der Waals surface area contributed by atoms with Crippen molar-refractivity contribution in [2.75, 3.05) is 0 Å². The van der Waals surface area contributed by atoms with Gasteiger partial charge in [0, 0.05) is 0 Å². The van der Waals surface area contributed by atoms with Gasteiger partial charge in [-0.05, 0) is 0 Å². The summed E-state index contributed by atoms with van der Waals surface area (Å²) in [7, 11) is 0. The summed E-state index contributed by atoms with van der Waals surface area (Å²) < 4.78 is 0. The minimum absolute atomic E-state index is 0. The third-order valence-electron chi connectivity index (χ3n) is 0. The zero-order valence-electron chi connectivity index (χ0n) is 4.06. The first-order valence-corrected chi connectivity index (χ1v) is 0. The van der Waals surface area contributed by atoms with Crippen LogP contribution in [-0.2, 0) is 72.1 Å². The van der Waals surface area contributed by atoms with Crippen LogP contribution in [-0.4, -0.2) is 46.1 Å². The predicted molar refractivity (Wildman–Crippen MR) is 14.9 cm³/mol. The van der Waals surface area contributed by atoms with Gasteiger partial charge in [-0.1, -0.05) is 0 Å². The van der Waals surface area contributed by atoms with E-state index in [2.05, 4.69) is 0 Å². The normalized spacial score (nSPS) is 0. The molecule has 5 nitrogen and oxygen atoms in total. The molecule has 0 aromatic heterocycles. The monoisotopic (exact) mass is 522 g/mol. The van der Waals surface area contributed by atoms with Crippen molar-refractivity contribution in [3.63, 3.8) is 0 Å². The molecular formula is Au2Mg2O5. The van der Waals surface area contributed by atoms with Gasteiger partial charge in [-0.25, -0.2) is 0 Å². The summed E-state index contributed by atoms with van der Waals surface area (Å²) in [4.78, 5) is 0. The second-order valence-corrected chi connectivity index (χ2v) is 0. The first-order valence-electron chi connectivity index (χ1n) is 0. The molecule has 0 unspecified atom stereocenters. The second kappa shape index (κ2) is 132. The smallest absolute Gasteiger partial charge is 2.00 e. The van der Waals surface area contributed by atoms with E-state index in [1.54, 1.807) is 0 Å². The maximum absolute atomic E-state index is 0. The average Bonchev–Trinajstić information content (AvgIpc) is 0. The molecule has 0 spiro atoms. The molecule has 9 heavy (non-hydrogen) atoms. The van der Waals surface area contributed by atoms with E-state index in [0.29, 0.717) is 0 Å². The van der Waals surface area contributed by atoms with Crippen molar-refractivity contribution < 1.29 is 72.1 Å². The summed E-state index contributed by atoms with van der Waals surface area (Å²) in [6.45, 7) is 0. The first kappa shape index (κ1) is 175. The van der Waals surface area contributed by atoms with Gasteiger partial charge >= 0.3 is 90.9 Å². The molecule has 0 fully saturated rings. The van der Waals surface area contributed by atoms with Gasteiger partial charge in [-0.15, -0.1) is 0 Å². The van der Waals surface area contributed by atoms with Crippen LogP contribution in [0.4, 0.5) is 0 Å². The zero-order valence-corrected chi connectivity index (χ0v) is 11.2. The standard InChI is InChI=1S/2Au.2Mg.5O/q2*+3;2*+2;5*-2. The Bertz CT molecular complexity index is 12.9. The molecule has 0 heterocycles. The molecule has 0 saturated heterocycles. The minimum atomic E-state index is 0. The van der Waals surface area contributed by atoms with E-state index in [0.717, 1.165) is 0 Å². The fraction of sp³-hybridized carbons (Fsp3) is 0. The third-order valence-corrected chi connectivity index (χ3v) is 0. The van der Waals surface area contributed by atoms with Crippen LogP contribution in [0.3, 0.4) is 0 Å². The van der Waals surface area contributed by atoms with Crippen LogP contribution in [0.15, 0.2) is 0 Å². The van der Waals surface area contributed by atoms with Crippen molar-refractivity contribution in [1.82, 2.24) is 0 Å². The molecule has 0 aliphatic carbocycles. The molecule has 0 N–H and O–H groups in total. The zero-order chi connectivity index (χ0) is 0. The molecule has 0 aliphatic heterocycles. The van der Waals surface area contributed by atoms with Gasteiger partial charge in [-0.3, -0.25) is 0 Å². The summed E-state index contributed by atoms with van der Waals surface area (Å²) >= 11 is 0. The molecule has 0 atom stereocenters. The van der Waals surface area contributed by atoms with Crippen LogP contribution < -0.4 is 0 Å². The van der Waals surface area contributed by atoms with Gasteiger partial charge in [0.25, 0.3) is 0 Å². The predicted octanol–water partition coefficient (Wildman–Crippen LogP) is -1.36. The van der Waals surface area contributed by atoms with Gasteiger partial charge in [0.2, 0.25) is 0 Å². The molecule has 0 aromatic carbocycles. The van der Waals surface area contributed by atoms with Crippen LogP contribution in [0.1, 0.15) is 0 Å². The summed E-state index contributed by atoms with van der Waals surface area (Å²) in [5.74, 6) is 0. The Morgan fingerprint density at radius 2 is 0.333 bits per heavy atom. The molecule has 0 aromatic rings. The van der Waals surface area contributed by atoms with Gasteiger partial charge in [0.15, 0.2) is 0 Å². The molecule has 0 saturated carbocycles. The molecule has 0 bridgehead atoms. The van der Waals surface area contributed by atoms with Crippen LogP contribution in [0.2, 0.25) is 0 Å². The molecule has 0 amide bonds. The molecule has 9 heteroatoms. The maximum atomic E-state index is 0. The summed E-state index contributed by atoms with van der Waals surface area (Å²) in [5, 5.41) is 0. The largest absolute Gasteiger partial charge is 3.00 e. The number of hydrogen-bond donors (Lipinski definition) is 0. The SMILES string of the molecule is [Au+3].[Au+3].[Mg+2].[Mg+2].[O-2].[O-2].[O-2].[O-2].[O-2]. The van der Waals surface area contributed by atoms with Crippen molar-refractivity contribution in [2.45, 2.75) is 0 Å². The van der Waals surface area contributed by atoms with E-state index in [1.807, 2.05) is 0 Å². The Morgan fingerprint density at radius 1 is 0.333 bits per heavy atom. The maximum Gasteiger partial charge on any atom is 3.00 e. The Hall–Kier alpha value is 2.81. The van der Waals surface area contributed by atoms with Gasteiger partial charge in [-0.2, -0.15) is 0 Å². The fourth-order valence-corrected chi connectivity index (χ4v) is 0. The average molecular weight is 523 g/mol. The van der Waals surface area contributed by atoms with Crippen LogP contribution in [0.5, 0.6) is 0 Å². The van der Waals surface area contributed by atoms with Gasteiger partial charge in [0.05, 0.1) is 0 Å². The molecule has 0 aliphatic rings. The Morgan fingerprint density at radius 3 is 0.333 bits per heavy atom. The van der Waals surface area contributed by atoms with Crippen molar-refractivity contribution >= 4 is 46.1 Å². The molecule has 56 valence electrons. The van der Waals surface area contributed by atoms with Crippen LogP contribution in [0.25, 0.3) is 0 Å². The molecule has 0 rings (SSSR count). The van der Waals surface area contributed by atoms with Crippen LogP contribution in [0, 0.1) is 0 Å². The molecule has 0 radical (unpaired) electrons. The third kappa shape index (κ3) is 106. The van der Waals surface area contributed by atoms with Gasteiger partial charge < -0.3 is 27.4 Å². The number of rotatable bonds is 0. The number of hydrogen-bond acceptors (Lipinski definition) is 0. The van der Waals surface area contributed by atoms with E-state index in [4.69, 9.17) is 0 Å². The Balaban J connectivity index is 0. The summed E-state index contributed by atoms with van der Waals surface area (Å²) in [6.07, 6.45) is 0. The van der Waals surface area contributed by atoms with Crippen molar-refractivity contribution in [3.05, 3.63) is 0 Å². The second-order valence-electron chi connectivity index (χ2n) is 0. The van der Waals surface area contributed by atoms with Crippen molar-refractivity contribution in [1.29, 1.82) is 0 Å².